The molecule has 1 unspecified atom stereocenters. The maximum absolute atomic E-state index is 12.5. The van der Waals surface area contributed by atoms with E-state index < -0.39 is 17.2 Å². The molecule has 1 saturated heterocycles. The van der Waals surface area contributed by atoms with Gasteiger partial charge in [-0.2, -0.15) is 0 Å². The molecule has 2 N–H and O–H groups in total. The highest BCUT2D eigenvalue weighted by Gasteiger charge is 2.56. The third-order valence-corrected chi connectivity index (χ3v) is 6.83. The van der Waals surface area contributed by atoms with Crippen LogP contribution >= 0.6 is 39.1 Å². The number of carboxylic acid groups (broad SMARTS) is 1. The molecule has 1 fully saturated rings. The standard InChI is InChI=1S/C18H18BrCl2NO4/c1-2-3-17(16(23)24)8-18(25-4-5-26-18)7-9-12-10(19)6-11(20)13(21)14(12)22-15(9)17/h6,22H,2-5,7-8H2,1H3,(H,23,24). The van der Waals surface area contributed by atoms with Crippen LogP contribution < -0.4 is 0 Å². The summed E-state index contributed by atoms with van der Waals surface area (Å²) in [5, 5.41) is 11.9. The number of rotatable bonds is 3. The van der Waals surface area contributed by atoms with E-state index in [0.29, 0.717) is 53.7 Å². The Morgan fingerprint density at radius 2 is 2.08 bits per heavy atom. The normalized spacial score (nSPS) is 24.3. The Labute approximate surface area is 169 Å². The van der Waals surface area contributed by atoms with Crippen LogP contribution in [-0.2, 0) is 26.1 Å². The molecule has 5 nitrogen and oxygen atoms in total. The number of ether oxygens (including phenoxy) is 2. The predicted octanol–water partition coefficient (Wildman–Crippen LogP) is 5.05. The van der Waals surface area contributed by atoms with Crippen LogP contribution in [0.2, 0.25) is 10.0 Å². The van der Waals surface area contributed by atoms with Crippen molar-refractivity contribution in [3.8, 4) is 0 Å². The second-order valence-corrected chi connectivity index (χ2v) is 8.62. The second-order valence-electron chi connectivity index (χ2n) is 6.98. The largest absolute Gasteiger partial charge is 0.481 e. The summed E-state index contributed by atoms with van der Waals surface area (Å²) >= 11 is 16.2. The molecule has 2 aliphatic rings. The molecule has 1 spiro atoms. The van der Waals surface area contributed by atoms with Crippen molar-refractivity contribution >= 4 is 56.0 Å². The van der Waals surface area contributed by atoms with E-state index in [2.05, 4.69) is 20.9 Å². The average molecular weight is 463 g/mol. The number of aliphatic carboxylic acids is 1. The lowest BCUT2D eigenvalue weighted by atomic mass is 9.68. The van der Waals surface area contributed by atoms with Crippen LogP contribution in [0.15, 0.2) is 10.5 Å². The van der Waals surface area contributed by atoms with Gasteiger partial charge in [0.05, 0.1) is 28.8 Å². The first-order chi connectivity index (χ1) is 12.3. The van der Waals surface area contributed by atoms with Gasteiger partial charge in [0, 0.05) is 28.4 Å². The van der Waals surface area contributed by atoms with Crippen LogP contribution in [0, 0.1) is 0 Å². The lowest BCUT2D eigenvalue weighted by Crippen LogP contribution is -2.51. The van der Waals surface area contributed by atoms with E-state index in [1.807, 2.05) is 6.92 Å². The van der Waals surface area contributed by atoms with Crippen molar-refractivity contribution in [1.82, 2.24) is 4.98 Å². The van der Waals surface area contributed by atoms with Gasteiger partial charge in [-0.05, 0) is 18.1 Å². The Balaban J connectivity index is 2.06. The summed E-state index contributed by atoms with van der Waals surface area (Å²) in [7, 11) is 0. The molecule has 1 aliphatic carbocycles. The maximum atomic E-state index is 12.5. The molecule has 1 aromatic heterocycles. The molecule has 0 amide bonds. The summed E-state index contributed by atoms with van der Waals surface area (Å²) in [6.07, 6.45) is 1.93. The summed E-state index contributed by atoms with van der Waals surface area (Å²) in [4.78, 5) is 15.8. The quantitative estimate of drug-likeness (QED) is 0.626. The first-order valence-corrected chi connectivity index (χ1v) is 10.1. The highest BCUT2D eigenvalue weighted by atomic mass is 79.9. The number of halogens is 3. The number of H-pyrrole nitrogens is 1. The topological polar surface area (TPSA) is 71.5 Å². The van der Waals surface area contributed by atoms with Gasteiger partial charge in [0.15, 0.2) is 5.79 Å². The van der Waals surface area contributed by atoms with Crippen LogP contribution in [0.3, 0.4) is 0 Å². The van der Waals surface area contributed by atoms with Gasteiger partial charge >= 0.3 is 5.97 Å². The summed E-state index contributed by atoms with van der Waals surface area (Å²) in [5.74, 6) is -1.80. The molecule has 140 valence electrons. The van der Waals surface area contributed by atoms with E-state index in [-0.39, 0.29) is 6.42 Å². The number of benzene rings is 1. The van der Waals surface area contributed by atoms with Crippen LogP contribution in [0.1, 0.15) is 37.4 Å². The van der Waals surface area contributed by atoms with E-state index in [0.717, 1.165) is 15.4 Å². The van der Waals surface area contributed by atoms with Crippen molar-refractivity contribution in [2.24, 2.45) is 0 Å². The van der Waals surface area contributed by atoms with Crippen molar-refractivity contribution in [3.63, 3.8) is 0 Å². The molecule has 0 radical (unpaired) electrons. The summed E-state index contributed by atoms with van der Waals surface area (Å²) in [6, 6.07) is 1.74. The Kier molecular flexibility index (Phi) is 4.56. The van der Waals surface area contributed by atoms with Crippen molar-refractivity contribution in [2.45, 2.75) is 43.8 Å². The molecule has 1 aliphatic heterocycles. The van der Waals surface area contributed by atoms with Gasteiger partial charge < -0.3 is 19.6 Å². The third-order valence-electron chi connectivity index (χ3n) is 5.42. The van der Waals surface area contributed by atoms with E-state index >= 15 is 0 Å². The number of fused-ring (bicyclic) bond motifs is 3. The van der Waals surface area contributed by atoms with Crippen LogP contribution in [-0.4, -0.2) is 35.1 Å². The van der Waals surface area contributed by atoms with E-state index in [1.165, 1.54) is 0 Å². The molecule has 0 bridgehead atoms. The SMILES string of the molecule is CCCC1(C(=O)O)CC2(Cc3c1[nH]c1c(Cl)c(Cl)cc(Br)c31)OCCO2. The summed E-state index contributed by atoms with van der Waals surface area (Å²) in [5.41, 5.74) is 1.07. The fraction of sp³-hybridized carbons (Fsp3) is 0.500. The predicted molar refractivity (Wildman–Crippen MR) is 103 cm³/mol. The Morgan fingerprint density at radius 3 is 2.69 bits per heavy atom. The number of carbonyl (C=O) groups is 1. The Bertz CT molecular complexity index is 906. The fourth-order valence-electron chi connectivity index (χ4n) is 4.43. The highest BCUT2D eigenvalue weighted by Crippen LogP contribution is 2.52. The van der Waals surface area contributed by atoms with Crippen molar-refractivity contribution in [2.75, 3.05) is 13.2 Å². The van der Waals surface area contributed by atoms with Crippen molar-refractivity contribution in [1.29, 1.82) is 0 Å². The molecule has 8 heteroatoms. The lowest BCUT2D eigenvalue weighted by Gasteiger charge is -2.42. The second kappa shape index (κ2) is 6.38. The minimum atomic E-state index is -1.12. The van der Waals surface area contributed by atoms with Crippen LogP contribution in [0.5, 0.6) is 0 Å². The molecule has 26 heavy (non-hydrogen) atoms. The molecule has 1 aromatic carbocycles. The fourth-order valence-corrected chi connectivity index (χ4v) is 5.63. The Morgan fingerprint density at radius 1 is 1.38 bits per heavy atom. The number of aromatic amines is 1. The molecular formula is C18H18BrCl2NO4. The zero-order chi connectivity index (χ0) is 18.7. The molecule has 0 saturated carbocycles. The number of carboxylic acids is 1. The van der Waals surface area contributed by atoms with E-state index in [1.54, 1.807) is 6.07 Å². The number of nitrogens with one attached hydrogen (secondary N) is 1. The molecule has 2 heterocycles. The molecule has 1 atom stereocenters. The smallest absolute Gasteiger partial charge is 0.315 e. The summed E-state index contributed by atoms with van der Waals surface area (Å²) < 4.78 is 12.6. The van der Waals surface area contributed by atoms with Crippen molar-refractivity contribution < 1.29 is 19.4 Å². The van der Waals surface area contributed by atoms with Gasteiger partial charge in [-0.25, -0.2) is 0 Å². The van der Waals surface area contributed by atoms with E-state index in [9.17, 15) is 9.90 Å². The van der Waals surface area contributed by atoms with Crippen molar-refractivity contribution in [3.05, 3.63) is 31.8 Å². The third kappa shape index (κ3) is 2.53. The van der Waals surface area contributed by atoms with Crippen LogP contribution in [0.25, 0.3) is 10.9 Å². The first kappa shape index (κ1) is 18.6. The van der Waals surface area contributed by atoms with Gasteiger partial charge in [0.2, 0.25) is 0 Å². The molecule has 2 aromatic rings. The maximum Gasteiger partial charge on any atom is 0.315 e. The zero-order valence-corrected chi connectivity index (χ0v) is 17.2. The molecule has 4 rings (SSSR count). The summed E-state index contributed by atoms with van der Waals surface area (Å²) in [6.45, 7) is 2.91. The first-order valence-electron chi connectivity index (χ1n) is 8.53. The average Bonchev–Trinajstić information content (AvgIpc) is 3.18. The Hall–Kier alpha value is -0.790. The minimum absolute atomic E-state index is 0.270. The van der Waals surface area contributed by atoms with E-state index in [4.69, 9.17) is 32.7 Å². The lowest BCUT2D eigenvalue weighted by molar-refractivity contribution is -0.187. The monoisotopic (exact) mass is 461 g/mol. The number of aromatic nitrogens is 1. The van der Waals surface area contributed by atoms with Gasteiger partial charge in [-0.15, -0.1) is 0 Å². The van der Waals surface area contributed by atoms with Gasteiger partial charge in [0.25, 0.3) is 0 Å². The van der Waals surface area contributed by atoms with Gasteiger partial charge in [-0.3, -0.25) is 4.79 Å². The number of hydrogen-bond acceptors (Lipinski definition) is 3. The number of hydrogen-bond donors (Lipinski definition) is 2. The zero-order valence-electron chi connectivity index (χ0n) is 14.1. The van der Waals surface area contributed by atoms with Crippen LogP contribution in [0.4, 0.5) is 0 Å². The minimum Gasteiger partial charge on any atom is -0.481 e. The highest BCUT2D eigenvalue weighted by molar-refractivity contribution is 9.10. The van der Waals surface area contributed by atoms with Gasteiger partial charge in [0.1, 0.15) is 5.41 Å². The van der Waals surface area contributed by atoms with Gasteiger partial charge in [-0.1, -0.05) is 52.5 Å². The molecular weight excluding hydrogens is 445 g/mol.